The number of aromatic nitrogens is 2. The number of hydrogen-bond acceptors (Lipinski definition) is 4. The summed E-state index contributed by atoms with van der Waals surface area (Å²) in [7, 11) is 4.30. The van der Waals surface area contributed by atoms with E-state index in [2.05, 4.69) is 47.7 Å². The van der Waals surface area contributed by atoms with E-state index in [9.17, 15) is 0 Å². The second-order valence-corrected chi connectivity index (χ2v) is 6.06. The molecule has 1 aromatic rings. The van der Waals surface area contributed by atoms with Gasteiger partial charge in [0, 0.05) is 18.7 Å². The Balaban J connectivity index is 2.23. The summed E-state index contributed by atoms with van der Waals surface area (Å²) in [5.74, 6) is 1.32. The van der Waals surface area contributed by atoms with Gasteiger partial charge in [-0.1, -0.05) is 25.4 Å². The molecule has 4 nitrogen and oxygen atoms in total. The van der Waals surface area contributed by atoms with E-state index in [-0.39, 0.29) is 0 Å². The molecule has 1 aromatic heterocycles. The molecular weight excluding hydrogens is 260 g/mol. The first kappa shape index (κ1) is 14.5. The van der Waals surface area contributed by atoms with Crippen molar-refractivity contribution in [2.75, 3.05) is 32.1 Å². The van der Waals surface area contributed by atoms with E-state index in [4.69, 9.17) is 11.6 Å². The van der Waals surface area contributed by atoms with E-state index in [0.29, 0.717) is 17.1 Å². The number of nitrogens with zero attached hydrogens (tertiary/aromatic N) is 4. The molecular formula is C14H23ClN4. The first-order chi connectivity index (χ1) is 9.00. The Kier molecular flexibility index (Phi) is 4.63. The molecule has 0 amide bonds. The molecule has 0 atom stereocenters. The Labute approximate surface area is 120 Å². The Morgan fingerprint density at radius 1 is 1.32 bits per heavy atom. The summed E-state index contributed by atoms with van der Waals surface area (Å²) in [4.78, 5) is 13.3. The molecule has 19 heavy (non-hydrogen) atoms. The summed E-state index contributed by atoms with van der Waals surface area (Å²) >= 11 is 6.24. The maximum absolute atomic E-state index is 6.24. The minimum Gasteiger partial charge on any atom is -0.356 e. The van der Waals surface area contributed by atoms with Crippen molar-refractivity contribution >= 4 is 17.4 Å². The van der Waals surface area contributed by atoms with Crippen molar-refractivity contribution in [3.05, 3.63) is 17.0 Å². The molecule has 0 bridgehead atoms. The Bertz CT molecular complexity index is 427. The summed E-state index contributed by atoms with van der Waals surface area (Å²) in [6.07, 6.45) is 3.91. The van der Waals surface area contributed by atoms with Crippen LogP contribution in [0.4, 0.5) is 5.82 Å². The highest BCUT2D eigenvalue weighted by Gasteiger charge is 2.25. The third-order valence-corrected chi connectivity index (χ3v) is 4.26. The van der Waals surface area contributed by atoms with Crippen LogP contribution in [-0.4, -0.2) is 48.1 Å². The molecule has 1 saturated heterocycles. The van der Waals surface area contributed by atoms with Crippen LogP contribution in [0, 0.1) is 0 Å². The van der Waals surface area contributed by atoms with Gasteiger partial charge in [0.1, 0.15) is 17.3 Å². The molecule has 0 aromatic carbocycles. The molecule has 0 spiro atoms. The fourth-order valence-electron chi connectivity index (χ4n) is 2.70. The van der Waals surface area contributed by atoms with E-state index >= 15 is 0 Å². The van der Waals surface area contributed by atoms with Crippen LogP contribution in [0.3, 0.4) is 0 Å². The Hall–Kier alpha value is -0.870. The van der Waals surface area contributed by atoms with Crippen LogP contribution in [0.2, 0.25) is 5.15 Å². The predicted octanol–water partition coefficient (Wildman–Crippen LogP) is 2.78. The van der Waals surface area contributed by atoms with E-state index in [0.717, 1.165) is 24.5 Å². The van der Waals surface area contributed by atoms with Crippen molar-refractivity contribution < 1.29 is 0 Å². The molecule has 0 radical (unpaired) electrons. The average Bonchev–Trinajstić information content (AvgIpc) is 2.38. The lowest BCUT2D eigenvalue weighted by molar-refractivity contribution is 0.252. The zero-order valence-electron chi connectivity index (χ0n) is 12.2. The number of halogens is 1. The van der Waals surface area contributed by atoms with Crippen molar-refractivity contribution in [3.8, 4) is 0 Å². The van der Waals surface area contributed by atoms with Gasteiger partial charge >= 0.3 is 0 Å². The monoisotopic (exact) mass is 282 g/mol. The third-order valence-electron chi connectivity index (χ3n) is 3.96. The maximum Gasteiger partial charge on any atom is 0.138 e. The van der Waals surface area contributed by atoms with Gasteiger partial charge in [-0.25, -0.2) is 9.97 Å². The standard InChI is InChI=1S/C14H23ClN4/c1-10(2)12-13(15)16-9-17-14(12)19(4)11-5-7-18(3)8-6-11/h9-11H,5-8H2,1-4H3. The highest BCUT2D eigenvalue weighted by atomic mass is 35.5. The smallest absolute Gasteiger partial charge is 0.138 e. The summed E-state index contributed by atoms with van der Waals surface area (Å²) in [5, 5.41) is 0.583. The molecule has 1 aliphatic rings. The zero-order chi connectivity index (χ0) is 14.0. The highest BCUT2D eigenvalue weighted by Crippen LogP contribution is 2.32. The van der Waals surface area contributed by atoms with Gasteiger partial charge in [0.05, 0.1) is 0 Å². The fraction of sp³-hybridized carbons (Fsp3) is 0.714. The number of likely N-dealkylation sites (tertiary alicyclic amines) is 1. The van der Waals surface area contributed by atoms with Gasteiger partial charge in [-0.3, -0.25) is 0 Å². The van der Waals surface area contributed by atoms with Crippen molar-refractivity contribution in [1.82, 2.24) is 14.9 Å². The van der Waals surface area contributed by atoms with Crippen LogP contribution >= 0.6 is 11.6 Å². The van der Waals surface area contributed by atoms with Crippen molar-refractivity contribution in [2.24, 2.45) is 0 Å². The number of rotatable bonds is 3. The normalized spacial score (nSPS) is 18.0. The van der Waals surface area contributed by atoms with Gasteiger partial charge in [-0.15, -0.1) is 0 Å². The Morgan fingerprint density at radius 2 is 1.95 bits per heavy atom. The van der Waals surface area contributed by atoms with Crippen LogP contribution in [0.25, 0.3) is 0 Å². The van der Waals surface area contributed by atoms with Crippen LogP contribution in [0.15, 0.2) is 6.33 Å². The quantitative estimate of drug-likeness (QED) is 0.798. The fourth-order valence-corrected chi connectivity index (χ4v) is 3.04. The van der Waals surface area contributed by atoms with Crippen molar-refractivity contribution in [3.63, 3.8) is 0 Å². The SMILES string of the molecule is CC(C)c1c(Cl)ncnc1N(C)C1CCN(C)CC1. The largest absolute Gasteiger partial charge is 0.356 e. The highest BCUT2D eigenvalue weighted by molar-refractivity contribution is 6.30. The van der Waals surface area contributed by atoms with E-state index in [1.54, 1.807) is 6.33 Å². The topological polar surface area (TPSA) is 32.3 Å². The summed E-state index contributed by atoms with van der Waals surface area (Å²) < 4.78 is 0. The van der Waals surface area contributed by atoms with E-state index in [1.165, 1.54) is 12.8 Å². The lowest BCUT2D eigenvalue weighted by Gasteiger charge is -2.36. The van der Waals surface area contributed by atoms with Gasteiger partial charge in [0.2, 0.25) is 0 Å². The number of hydrogen-bond donors (Lipinski definition) is 0. The number of piperidine rings is 1. The zero-order valence-corrected chi connectivity index (χ0v) is 13.0. The summed E-state index contributed by atoms with van der Waals surface area (Å²) in [5.41, 5.74) is 1.06. The summed E-state index contributed by atoms with van der Waals surface area (Å²) in [6, 6.07) is 0.541. The second kappa shape index (κ2) is 6.06. The minimum atomic E-state index is 0.331. The Morgan fingerprint density at radius 3 is 2.53 bits per heavy atom. The lowest BCUT2D eigenvalue weighted by atomic mass is 10.0. The summed E-state index contributed by atoms with van der Waals surface area (Å²) in [6.45, 7) is 6.56. The average molecular weight is 283 g/mol. The maximum atomic E-state index is 6.24. The van der Waals surface area contributed by atoms with Crippen LogP contribution in [0.1, 0.15) is 38.2 Å². The third kappa shape index (κ3) is 3.18. The first-order valence-electron chi connectivity index (χ1n) is 6.92. The second-order valence-electron chi connectivity index (χ2n) is 5.70. The van der Waals surface area contributed by atoms with Crippen molar-refractivity contribution in [2.45, 2.75) is 38.6 Å². The van der Waals surface area contributed by atoms with Gasteiger partial charge < -0.3 is 9.80 Å². The molecule has 0 N–H and O–H groups in total. The minimum absolute atomic E-state index is 0.331. The lowest BCUT2D eigenvalue weighted by Crippen LogP contribution is -2.42. The van der Waals surface area contributed by atoms with Crippen LogP contribution < -0.4 is 4.90 Å². The van der Waals surface area contributed by atoms with Gasteiger partial charge in [0.15, 0.2) is 0 Å². The van der Waals surface area contributed by atoms with Crippen molar-refractivity contribution in [1.29, 1.82) is 0 Å². The molecule has 106 valence electrons. The van der Waals surface area contributed by atoms with Crippen LogP contribution in [0.5, 0.6) is 0 Å². The van der Waals surface area contributed by atoms with E-state index < -0.39 is 0 Å². The van der Waals surface area contributed by atoms with Gasteiger partial charge in [0.25, 0.3) is 0 Å². The molecule has 1 fully saturated rings. The molecule has 0 aliphatic carbocycles. The van der Waals surface area contributed by atoms with E-state index in [1.807, 2.05) is 0 Å². The molecule has 2 heterocycles. The number of anilines is 1. The van der Waals surface area contributed by atoms with Gasteiger partial charge in [-0.05, 0) is 38.9 Å². The molecule has 1 aliphatic heterocycles. The van der Waals surface area contributed by atoms with Crippen LogP contribution in [-0.2, 0) is 0 Å². The first-order valence-corrected chi connectivity index (χ1v) is 7.30. The molecule has 0 saturated carbocycles. The molecule has 0 unspecified atom stereocenters. The molecule has 5 heteroatoms. The molecule has 2 rings (SSSR count). The predicted molar refractivity (Wildman–Crippen MR) is 80.1 cm³/mol. The van der Waals surface area contributed by atoms with Gasteiger partial charge in [-0.2, -0.15) is 0 Å².